The summed E-state index contributed by atoms with van der Waals surface area (Å²) >= 11 is 0. The average molecular weight is 865 g/mol. The number of benzene rings is 10. The molecule has 314 valence electrons. The number of nitrogens with zero attached hydrogens (tertiary/aromatic N) is 6. The van der Waals surface area contributed by atoms with Crippen LogP contribution in [0.1, 0.15) is 11.1 Å². The molecule has 4 aromatic heterocycles. The first-order valence-corrected chi connectivity index (χ1v) is 22.8. The number of hydrogen-bond donors (Lipinski definition) is 0. The maximum absolute atomic E-state index is 12.0. The fourth-order valence-electron chi connectivity index (χ4n) is 11.2. The monoisotopic (exact) mass is 864 g/mol. The smallest absolute Gasteiger partial charge is 0.104 e. The molecule has 0 aliphatic heterocycles. The normalized spacial score (nSPS) is 11.8. The zero-order valence-corrected chi connectivity index (χ0v) is 36.5. The van der Waals surface area contributed by atoms with Gasteiger partial charge in [-0.15, -0.1) is 0 Å². The molecule has 68 heavy (non-hydrogen) atoms. The molecule has 0 aliphatic carbocycles. The molecule has 0 saturated carbocycles. The van der Waals surface area contributed by atoms with Gasteiger partial charge < -0.3 is 18.3 Å². The third-order valence-corrected chi connectivity index (χ3v) is 14.0. The third kappa shape index (κ3) is 5.20. The molecule has 14 aromatic rings. The molecule has 0 saturated heterocycles. The van der Waals surface area contributed by atoms with Gasteiger partial charge >= 0.3 is 0 Å². The van der Waals surface area contributed by atoms with Crippen LogP contribution in [0.25, 0.3) is 121 Å². The molecule has 0 radical (unpaired) electrons. The first-order chi connectivity index (χ1) is 33.7. The maximum atomic E-state index is 12.0. The van der Waals surface area contributed by atoms with Crippen LogP contribution in [0, 0.1) is 22.7 Å². The van der Waals surface area contributed by atoms with E-state index in [9.17, 15) is 10.5 Å². The van der Waals surface area contributed by atoms with Gasteiger partial charge in [0.25, 0.3) is 0 Å². The van der Waals surface area contributed by atoms with Crippen LogP contribution in [0.15, 0.2) is 218 Å². The van der Waals surface area contributed by atoms with Gasteiger partial charge in [0.05, 0.1) is 67.1 Å². The third-order valence-electron chi connectivity index (χ3n) is 14.0. The number of hydrogen-bond acceptors (Lipinski definition) is 2. The molecule has 0 unspecified atom stereocenters. The van der Waals surface area contributed by atoms with Gasteiger partial charge in [-0.1, -0.05) is 146 Å². The van der Waals surface area contributed by atoms with Gasteiger partial charge in [-0.25, -0.2) is 0 Å². The van der Waals surface area contributed by atoms with Crippen LogP contribution < -0.4 is 0 Å². The van der Waals surface area contributed by atoms with Crippen LogP contribution in [-0.2, 0) is 0 Å². The summed E-state index contributed by atoms with van der Waals surface area (Å²) in [5.41, 5.74) is 14.7. The van der Waals surface area contributed by atoms with Crippen LogP contribution in [0.5, 0.6) is 0 Å². The topological polar surface area (TPSA) is 67.3 Å². The second-order valence-corrected chi connectivity index (χ2v) is 17.5. The number of fused-ring (bicyclic) bond motifs is 14. The predicted molar refractivity (Wildman–Crippen MR) is 279 cm³/mol. The molecule has 6 heteroatoms. The van der Waals surface area contributed by atoms with Gasteiger partial charge in [0.1, 0.15) is 11.6 Å². The molecule has 0 spiro atoms. The first-order valence-electron chi connectivity index (χ1n) is 22.8. The Kier molecular flexibility index (Phi) is 8.01. The van der Waals surface area contributed by atoms with E-state index in [1.165, 1.54) is 0 Å². The Morgan fingerprint density at radius 3 is 1.04 bits per heavy atom. The quantitative estimate of drug-likeness (QED) is 0.173. The average Bonchev–Trinajstić information content (AvgIpc) is 4.14. The standard InChI is InChI=1S/C62H36N6/c63-37-39-16-15-17-40(34-39)41-35-57(67-55-28-13-9-24-46(55)50-32-30-48-44-22-7-11-26-53(44)65(59(48)61(50)67)42-18-3-1-4-19-42)52(38-64)58(36-41)68-56-29-14-10-25-47(56)51-33-31-49-45-23-8-12-27-54(45)66(60(49)62(51)68)43-20-5-2-6-21-43/h1-36H. The minimum atomic E-state index is 0.522. The van der Waals surface area contributed by atoms with Crippen LogP contribution >= 0.6 is 0 Å². The van der Waals surface area contributed by atoms with Crippen molar-refractivity contribution in [1.82, 2.24) is 18.3 Å². The van der Waals surface area contributed by atoms with E-state index in [2.05, 4.69) is 231 Å². The van der Waals surface area contributed by atoms with Crippen molar-refractivity contribution in [3.63, 3.8) is 0 Å². The molecule has 14 rings (SSSR count). The van der Waals surface area contributed by atoms with E-state index in [1.54, 1.807) is 0 Å². The van der Waals surface area contributed by atoms with E-state index in [1.807, 2.05) is 18.2 Å². The summed E-state index contributed by atoms with van der Waals surface area (Å²) in [4.78, 5) is 0. The van der Waals surface area contributed by atoms with Crippen molar-refractivity contribution in [2.75, 3.05) is 0 Å². The van der Waals surface area contributed by atoms with Crippen LogP contribution in [-0.4, -0.2) is 18.3 Å². The van der Waals surface area contributed by atoms with Gasteiger partial charge in [0.15, 0.2) is 0 Å². The molecule has 4 heterocycles. The van der Waals surface area contributed by atoms with Crippen molar-refractivity contribution in [3.05, 3.63) is 230 Å². The molecule has 0 bridgehead atoms. The molecule has 10 aromatic carbocycles. The number of aromatic nitrogens is 4. The highest BCUT2D eigenvalue weighted by Crippen LogP contribution is 2.46. The Balaban J connectivity index is 1.21. The Hall–Kier alpha value is -9.62. The second kappa shape index (κ2) is 14.4. The molecule has 6 nitrogen and oxygen atoms in total. The van der Waals surface area contributed by atoms with E-state index in [0.717, 1.165) is 121 Å². The first kappa shape index (κ1) is 37.7. The van der Waals surface area contributed by atoms with Gasteiger partial charge in [-0.3, -0.25) is 0 Å². The van der Waals surface area contributed by atoms with E-state index in [4.69, 9.17) is 0 Å². The summed E-state index contributed by atoms with van der Waals surface area (Å²) in [6, 6.07) is 81.7. The Morgan fingerprint density at radius 2 is 0.647 bits per heavy atom. The molecular weight excluding hydrogens is 829 g/mol. The van der Waals surface area contributed by atoms with Gasteiger partial charge in [-0.05, 0) is 83.9 Å². The molecule has 0 N–H and O–H groups in total. The van der Waals surface area contributed by atoms with Crippen LogP contribution in [0.4, 0.5) is 0 Å². The summed E-state index contributed by atoms with van der Waals surface area (Å²) in [7, 11) is 0. The van der Waals surface area contributed by atoms with E-state index in [0.29, 0.717) is 11.1 Å². The lowest BCUT2D eigenvalue weighted by Gasteiger charge is -2.20. The van der Waals surface area contributed by atoms with Crippen molar-refractivity contribution >= 4 is 87.2 Å². The summed E-state index contributed by atoms with van der Waals surface area (Å²) in [5, 5.41) is 31.1. The fraction of sp³-hybridized carbons (Fsp3) is 0. The number of rotatable bonds is 5. The molecule has 0 fully saturated rings. The van der Waals surface area contributed by atoms with Gasteiger partial charge in [0, 0.05) is 54.5 Å². The van der Waals surface area contributed by atoms with Gasteiger partial charge in [0.2, 0.25) is 0 Å². The highest BCUT2D eigenvalue weighted by molar-refractivity contribution is 6.25. The molecular formula is C62H36N6. The summed E-state index contributed by atoms with van der Waals surface area (Å²) in [6.45, 7) is 0. The maximum Gasteiger partial charge on any atom is 0.104 e. The Labute approximate surface area is 389 Å². The largest absolute Gasteiger partial charge is 0.307 e. The zero-order chi connectivity index (χ0) is 45.0. The van der Waals surface area contributed by atoms with Crippen molar-refractivity contribution in [3.8, 4) is 46.0 Å². The molecule has 0 aliphatic rings. The van der Waals surface area contributed by atoms with E-state index in [-0.39, 0.29) is 0 Å². The van der Waals surface area contributed by atoms with Crippen LogP contribution in [0.3, 0.4) is 0 Å². The summed E-state index contributed by atoms with van der Waals surface area (Å²) < 4.78 is 9.41. The minimum Gasteiger partial charge on any atom is -0.307 e. The van der Waals surface area contributed by atoms with Crippen molar-refractivity contribution < 1.29 is 0 Å². The predicted octanol–water partition coefficient (Wildman–Crippen LogP) is 15.5. The summed E-state index contributed by atoms with van der Waals surface area (Å²) in [6.07, 6.45) is 0. The minimum absolute atomic E-state index is 0.522. The van der Waals surface area contributed by atoms with Crippen molar-refractivity contribution in [2.45, 2.75) is 0 Å². The SMILES string of the molecule is N#Cc1cccc(-c2cc(-n3c4ccccc4c4ccc5c6ccccc6n(-c6ccccc6)c5c43)c(C#N)c(-n3c4ccccc4c4ccc5c6ccccc6n(-c6ccccc6)c5c43)c2)c1. The van der Waals surface area contributed by atoms with E-state index >= 15 is 0 Å². The highest BCUT2D eigenvalue weighted by atomic mass is 15.1. The lowest BCUT2D eigenvalue weighted by atomic mass is 9.98. The molecule has 0 atom stereocenters. The van der Waals surface area contributed by atoms with Crippen LogP contribution in [0.2, 0.25) is 0 Å². The lowest BCUT2D eigenvalue weighted by Crippen LogP contribution is -2.06. The summed E-state index contributed by atoms with van der Waals surface area (Å²) in [5.74, 6) is 0. The Bertz CT molecular complexity index is 4260. The highest BCUT2D eigenvalue weighted by Gasteiger charge is 2.27. The van der Waals surface area contributed by atoms with Gasteiger partial charge in [-0.2, -0.15) is 10.5 Å². The molecule has 0 amide bonds. The van der Waals surface area contributed by atoms with E-state index < -0.39 is 0 Å². The lowest BCUT2D eigenvalue weighted by molar-refractivity contribution is 1.11. The van der Waals surface area contributed by atoms with Crippen molar-refractivity contribution in [2.24, 2.45) is 0 Å². The van der Waals surface area contributed by atoms with Crippen molar-refractivity contribution in [1.29, 1.82) is 10.5 Å². The number of para-hydroxylation sites is 6. The Morgan fingerprint density at radius 1 is 0.279 bits per heavy atom. The second-order valence-electron chi connectivity index (χ2n) is 17.5. The number of nitriles is 2. The zero-order valence-electron chi connectivity index (χ0n) is 36.5. The fourth-order valence-corrected chi connectivity index (χ4v) is 11.2.